The molecule has 6 nitrogen and oxygen atoms in total. The van der Waals surface area contributed by atoms with E-state index in [2.05, 4.69) is 5.32 Å². The highest BCUT2D eigenvalue weighted by Gasteiger charge is 2.36. The summed E-state index contributed by atoms with van der Waals surface area (Å²) < 4.78 is 5.06. The normalized spacial score (nSPS) is 16.2. The first kappa shape index (κ1) is 20.5. The molecule has 1 fully saturated rings. The average molecular weight is 442 g/mol. The number of nitrogens with one attached hydrogen (secondary N) is 1. The van der Waals surface area contributed by atoms with Crippen molar-refractivity contribution in [1.29, 1.82) is 0 Å². The number of esters is 1. The van der Waals surface area contributed by atoms with E-state index in [1.165, 1.54) is 11.0 Å². The van der Waals surface area contributed by atoms with E-state index in [4.69, 9.17) is 39.5 Å². The first-order chi connectivity index (χ1) is 13.3. The lowest BCUT2D eigenvalue weighted by atomic mass is 10.1. The van der Waals surface area contributed by atoms with Gasteiger partial charge in [0.25, 0.3) is 5.91 Å². The summed E-state index contributed by atoms with van der Waals surface area (Å²) in [6.07, 6.45) is 0.0199. The van der Waals surface area contributed by atoms with Gasteiger partial charge >= 0.3 is 5.97 Å². The van der Waals surface area contributed by atoms with Crippen LogP contribution < -0.4 is 10.2 Å². The van der Waals surface area contributed by atoms with Crippen LogP contribution in [0.2, 0.25) is 15.1 Å². The van der Waals surface area contributed by atoms with Gasteiger partial charge in [0, 0.05) is 28.7 Å². The van der Waals surface area contributed by atoms with Gasteiger partial charge in [-0.1, -0.05) is 34.8 Å². The van der Waals surface area contributed by atoms with Gasteiger partial charge in [-0.15, -0.1) is 0 Å². The number of carbonyl (C=O) groups is 3. The molecule has 0 unspecified atom stereocenters. The van der Waals surface area contributed by atoms with Crippen LogP contribution in [-0.2, 0) is 19.1 Å². The fourth-order valence-electron chi connectivity index (χ4n) is 2.77. The molecule has 2 amide bonds. The van der Waals surface area contributed by atoms with E-state index >= 15 is 0 Å². The van der Waals surface area contributed by atoms with Crippen molar-refractivity contribution in [2.75, 3.05) is 23.4 Å². The molecule has 1 aliphatic rings. The molecule has 1 heterocycles. The zero-order chi connectivity index (χ0) is 20.3. The van der Waals surface area contributed by atoms with Crippen molar-refractivity contribution in [3.8, 4) is 0 Å². The minimum absolute atomic E-state index is 0.0199. The van der Waals surface area contributed by atoms with Gasteiger partial charge in [-0.3, -0.25) is 14.4 Å². The van der Waals surface area contributed by atoms with Crippen molar-refractivity contribution in [2.24, 2.45) is 5.92 Å². The van der Waals surface area contributed by atoms with Gasteiger partial charge in [0.05, 0.1) is 16.6 Å². The highest BCUT2D eigenvalue weighted by Crippen LogP contribution is 2.27. The number of rotatable bonds is 5. The Morgan fingerprint density at radius 1 is 1.07 bits per heavy atom. The highest BCUT2D eigenvalue weighted by atomic mass is 35.5. The largest absolute Gasteiger partial charge is 0.455 e. The number of ether oxygens (including phenoxy) is 1. The molecule has 0 bridgehead atoms. The molecule has 1 aliphatic heterocycles. The molecule has 1 saturated heterocycles. The van der Waals surface area contributed by atoms with Crippen molar-refractivity contribution in [1.82, 2.24) is 0 Å². The summed E-state index contributed by atoms with van der Waals surface area (Å²) in [7, 11) is 0. The summed E-state index contributed by atoms with van der Waals surface area (Å²) in [5, 5.41) is 3.80. The molecule has 28 heavy (non-hydrogen) atoms. The lowest BCUT2D eigenvalue weighted by Crippen LogP contribution is -2.28. The predicted molar refractivity (Wildman–Crippen MR) is 108 cm³/mol. The monoisotopic (exact) mass is 440 g/mol. The van der Waals surface area contributed by atoms with E-state index in [0.29, 0.717) is 21.4 Å². The van der Waals surface area contributed by atoms with Gasteiger partial charge in [0.15, 0.2) is 6.61 Å². The summed E-state index contributed by atoms with van der Waals surface area (Å²) >= 11 is 17.6. The van der Waals surface area contributed by atoms with Crippen LogP contribution >= 0.6 is 34.8 Å². The number of amides is 2. The molecular weight excluding hydrogens is 427 g/mol. The van der Waals surface area contributed by atoms with E-state index in [1.807, 2.05) is 0 Å². The quantitative estimate of drug-likeness (QED) is 0.706. The van der Waals surface area contributed by atoms with Crippen molar-refractivity contribution >= 4 is 64.0 Å². The van der Waals surface area contributed by atoms with Crippen LogP contribution in [0.25, 0.3) is 0 Å². The van der Waals surface area contributed by atoms with Gasteiger partial charge in [0.2, 0.25) is 5.91 Å². The topological polar surface area (TPSA) is 75.7 Å². The second kappa shape index (κ2) is 8.82. The minimum atomic E-state index is -0.643. The third kappa shape index (κ3) is 4.95. The van der Waals surface area contributed by atoms with Gasteiger partial charge < -0.3 is 15.0 Å². The predicted octanol–water partition coefficient (Wildman–Crippen LogP) is 4.18. The Morgan fingerprint density at radius 2 is 1.75 bits per heavy atom. The maximum atomic E-state index is 12.2. The number of nitrogens with zero attached hydrogens (tertiary/aromatic N) is 1. The smallest absolute Gasteiger partial charge is 0.311 e. The summed E-state index contributed by atoms with van der Waals surface area (Å²) in [4.78, 5) is 37.9. The fraction of sp³-hybridized carbons (Fsp3) is 0.211. The minimum Gasteiger partial charge on any atom is -0.455 e. The lowest BCUT2D eigenvalue weighted by molar-refractivity contribution is -0.151. The Labute approximate surface area is 176 Å². The van der Waals surface area contributed by atoms with Gasteiger partial charge in [-0.25, -0.2) is 0 Å². The number of halogens is 3. The zero-order valence-electron chi connectivity index (χ0n) is 14.5. The number of carbonyl (C=O) groups excluding carboxylic acids is 3. The zero-order valence-corrected chi connectivity index (χ0v) is 16.7. The van der Waals surface area contributed by atoms with Crippen LogP contribution in [0.5, 0.6) is 0 Å². The number of benzene rings is 2. The van der Waals surface area contributed by atoms with Crippen molar-refractivity contribution in [2.45, 2.75) is 6.42 Å². The van der Waals surface area contributed by atoms with E-state index in [9.17, 15) is 14.4 Å². The molecular formula is C19H15Cl3N2O4. The molecule has 146 valence electrons. The van der Waals surface area contributed by atoms with Crippen molar-refractivity contribution < 1.29 is 19.1 Å². The molecule has 0 aliphatic carbocycles. The van der Waals surface area contributed by atoms with Gasteiger partial charge in [-0.05, 0) is 42.5 Å². The lowest BCUT2D eigenvalue weighted by Gasteiger charge is -2.16. The Kier molecular flexibility index (Phi) is 6.44. The van der Waals surface area contributed by atoms with E-state index in [-0.39, 0.29) is 23.9 Å². The Morgan fingerprint density at radius 3 is 2.43 bits per heavy atom. The van der Waals surface area contributed by atoms with Crippen molar-refractivity contribution in [3.63, 3.8) is 0 Å². The third-order valence-corrected chi connectivity index (χ3v) is 4.95. The van der Waals surface area contributed by atoms with Crippen LogP contribution in [-0.4, -0.2) is 30.9 Å². The van der Waals surface area contributed by atoms with E-state index in [0.717, 1.165) is 0 Å². The van der Waals surface area contributed by atoms with Crippen LogP contribution in [0.15, 0.2) is 42.5 Å². The molecule has 0 spiro atoms. The van der Waals surface area contributed by atoms with Gasteiger partial charge in [-0.2, -0.15) is 0 Å². The second-order valence-electron chi connectivity index (χ2n) is 6.16. The molecule has 2 aromatic rings. The van der Waals surface area contributed by atoms with E-state index < -0.39 is 24.4 Å². The Balaban J connectivity index is 1.53. The third-order valence-electron chi connectivity index (χ3n) is 4.15. The number of hydrogen-bond donors (Lipinski definition) is 1. The standard InChI is InChI=1S/C19H15Cl3N2O4/c20-12-1-4-14(5-2-12)24-9-11(7-18(24)26)19(27)28-10-17(25)23-16-6-3-13(21)8-15(16)22/h1-6,8,11H,7,9-10H2,(H,23,25)/t11-/m1/s1. The summed E-state index contributed by atoms with van der Waals surface area (Å²) in [6, 6.07) is 11.4. The number of anilines is 2. The molecule has 3 rings (SSSR count). The average Bonchev–Trinajstić information content (AvgIpc) is 3.04. The van der Waals surface area contributed by atoms with Crippen LogP contribution in [0.1, 0.15) is 6.42 Å². The summed E-state index contributed by atoms with van der Waals surface area (Å²) in [6.45, 7) is -0.298. The Bertz CT molecular complexity index is 918. The maximum Gasteiger partial charge on any atom is 0.311 e. The molecule has 9 heteroatoms. The summed E-state index contributed by atoms with van der Waals surface area (Å²) in [5.41, 5.74) is 1.01. The molecule has 0 saturated carbocycles. The molecule has 1 N–H and O–H groups in total. The number of hydrogen-bond acceptors (Lipinski definition) is 4. The Hall–Kier alpha value is -2.28. The van der Waals surface area contributed by atoms with Crippen LogP contribution in [0.4, 0.5) is 11.4 Å². The van der Waals surface area contributed by atoms with Gasteiger partial charge in [0.1, 0.15) is 0 Å². The highest BCUT2D eigenvalue weighted by molar-refractivity contribution is 6.36. The first-order valence-electron chi connectivity index (χ1n) is 8.31. The molecule has 0 radical (unpaired) electrons. The SMILES string of the molecule is O=C(COC(=O)[C@@H]1CC(=O)N(c2ccc(Cl)cc2)C1)Nc1ccc(Cl)cc1Cl. The maximum absolute atomic E-state index is 12.2. The van der Waals surface area contributed by atoms with Crippen LogP contribution in [0.3, 0.4) is 0 Å². The summed E-state index contributed by atoms with van der Waals surface area (Å²) in [5.74, 6) is -1.99. The van der Waals surface area contributed by atoms with Crippen LogP contribution in [0, 0.1) is 5.92 Å². The fourth-order valence-corrected chi connectivity index (χ4v) is 3.35. The first-order valence-corrected chi connectivity index (χ1v) is 9.44. The molecule has 2 aromatic carbocycles. The van der Waals surface area contributed by atoms with E-state index in [1.54, 1.807) is 36.4 Å². The van der Waals surface area contributed by atoms with Crippen molar-refractivity contribution in [3.05, 3.63) is 57.5 Å². The second-order valence-corrected chi connectivity index (χ2v) is 7.44. The molecule has 1 atom stereocenters. The molecule has 0 aromatic heterocycles.